The van der Waals surface area contributed by atoms with Crippen molar-refractivity contribution >= 4 is 27.3 Å². The van der Waals surface area contributed by atoms with E-state index in [1.165, 1.54) is 11.4 Å². The van der Waals surface area contributed by atoms with Crippen LogP contribution in [0.5, 0.6) is 0 Å². The Balaban J connectivity index is 2.21. The Morgan fingerprint density at radius 2 is 1.86 bits per heavy atom. The number of thiophene rings is 1. The molecule has 118 valence electrons. The lowest BCUT2D eigenvalue weighted by molar-refractivity contribution is 0.0926. The first-order chi connectivity index (χ1) is 10.3. The van der Waals surface area contributed by atoms with Crippen LogP contribution in [0.2, 0.25) is 0 Å². The van der Waals surface area contributed by atoms with E-state index >= 15 is 0 Å². The Hall–Kier alpha value is -1.70. The molecule has 0 saturated heterocycles. The molecule has 0 aliphatic rings. The van der Waals surface area contributed by atoms with Gasteiger partial charge in [-0.1, -0.05) is 44.2 Å². The van der Waals surface area contributed by atoms with Gasteiger partial charge in [-0.25, -0.2) is 13.6 Å². The van der Waals surface area contributed by atoms with Crippen LogP contribution in [0.4, 0.5) is 0 Å². The summed E-state index contributed by atoms with van der Waals surface area (Å²) < 4.78 is 22.5. The van der Waals surface area contributed by atoms with Gasteiger partial charge in [-0.2, -0.15) is 0 Å². The highest BCUT2D eigenvalue weighted by Gasteiger charge is 2.21. The zero-order valence-corrected chi connectivity index (χ0v) is 13.9. The van der Waals surface area contributed by atoms with Crippen LogP contribution in [-0.2, 0) is 10.0 Å². The number of hydrogen-bond donors (Lipinski definition) is 2. The lowest BCUT2D eigenvalue weighted by Gasteiger charge is -2.22. The van der Waals surface area contributed by atoms with Gasteiger partial charge in [0.1, 0.15) is 4.21 Å². The molecule has 1 aromatic heterocycles. The van der Waals surface area contributed by atoms with Crippen molar-refractivity contribution in [3.05, 3.63) is 52.9 Å². The third-order valence-corrected chi connectivity index (χ3v) is 5.62. The minimum atomic E-state index is -3.77. The van der Waals surface area contributed by atoms with Gasteiger partial charge >= 0.3 is 0 Å². The van der Waals surface area contributed by atoms with Gasteiger partial charge in [0.2, 0.25) is 10.0 Å². The monoisotopic (exact) mass is 338 g/mol. The van der Waals surface area contributed by atoms with E-state index in [4.69, 9.17) is 5.14 Å². The fraction of sp³-hybridized carbons (Fsp3) is 0.267. The summed E-state index contributed by atoms with van der Waals surface area (Å²) >= 11 is 0.942. The second-order valence-electron chi connectivity index (χ2n) is 5.31. The lowest BCUT2D eigenvalue weighted by atomic mass is 9.96. The maximum absolute atomic E-state index is 12.3. The predicted octanol–water partition coefficient (Wildman–Crippen LogP) is 2.52. The summed E-state index contributed by atoms with van der Waals surface area (Å²) in [6.45, 7) is 4.03. The van der Waals surface area contributed by atoms with Crippen LogP contribution >= 0.6 is 11.3 Å². The zero-order valence-electron chi connectivity index (χ0n) is 12.3. The fourth-order valence-corrected chi connectivity index (χ4v) is 3.69. The zero-order chi connectivity index (χ0) is 16.3. The molecule has 5 nitrogen and oxygen atoms in total. The Kier molecular flexibility index (Phi) is 5.00. The molecular formula is C15H18N2O3S2. The van der Waals surface area contributed by atoms with Gasteiger partial charge in [0.25, 0.3) is 5.91 Å². The number of rotatable bonds is 5. The van der Waals surface area contributed by atoms with Gasteiger partial charge in [0.05, 0.1) is 11.6 Å². The Labute approximate surface area is 134 Å². The molecule has 1 atom stereocenters. The molecule has 1 amide bonds. The molecule has 0 spiro atoms. The molecule has 2 aromatic rings. The minimum absolute atomic E-state index is 0.0153. The van der Waals surface area contributed by atoms with Crippen molar-refractivity contribution in [1.29, 1.82) is 0 Å². The van der Waals surface area contributed by atoms with E-state index in [1.807, 2.05) is 44.2 Å². The van der Waals surface area contributed by atoms with Crippen molar-refractivity contribution in [2.45, 2.75) is 24.1 Å². The third kappa shape index (κ3) is 3.94. The van der Waals surface area contributed by atoms with Crippen LogP contribution in [0, 0.1) is 5.92 Å². The average molecular weight is 338 g/mol. The maximum Gasteiger partial charge on any atom is 0.252 e. The summed E-state index contributed by atoms with van der Waals surface area (Å²) in [5, 5.41) is 9.51. The number of hydrogen-bond acceptors (Lipinski definition) is 4. The summed E-state index contributed by atoms with van der Waals surface area (Å²) in [7, 11) is -3.77. The second-order valence-corrected chi connectivity index (χ2v) is 8.00. The Bertz CT molecular complexity index is 752. The quantitative estimate of drug-likeness (QED) is 0.878. The molecule has 0 saturated carbocycles. The smallest absolute Gasteiger partial charge is 0.252 e. The molecule has 0 bridgehead atoms. The first-order valence-corrected chi connectivity index (χ1v) is 9.19. The summed E-state index contributed by atoms with van der Waals surface area (Å²) in [6, 6.07) is 10.8. The van der Waals surface area contributed by atoms with E-state index in [0.29, 0.717) is 5.56 Å². The van der Waals surface area contributed by atoms with Crippen LogP contribution < -0.4 is 10.5 Å². The number of primary sulfonamides is 1. The van der Waals surface area contributed by atoms with Crippen LogP contribution in [0.1, 0.15) is 35.8 Å². The van der Waals surface area contributed by atoms with Crippen LogP contribution in [0.3, 0.4) is 0 Å². The van der Waals surface area contributed by atoms with Gasteiger partial charge in [0, 0.05) is 5.38 Å². The first-order valence-electron chi connectivity index (χ1n) is 6.76. The van der Waals surface area contributed by atoms with Crippen molar-refractivity contribution in [2.24, 2.45) is 11.1 Å². The average Bonchev–Trinajstić information content (AvgIpc) is 2.95. The van der Waals surface area contributed by atoms with Crippen molar-refractivity contribution in [3.63, 3.8) is 0 Å². The maximum atomic E-state index is 12.3. The minimum Gasteiger partial charge on any atom is -0.345 e. The largest absolute Gasteiger partial charge is 0.345 e. The van der Waals surface area contributed by atoms with Gasteiger partial charge in [-0.3, -0.25) is 4.79 Å². The Morgan fingerprint density at radius 1 is 1.23 bits per heavy atom. The lowest BCUT2D eigenvalue weighted by Crippen LogP contribution is -2.31. The SMILES string of the molecule is CC(C)C(NC(=O)c1csc(S(N)(=O)=O)c1)c1ccccc1. The molecule has 7 heteroatoms. The number of nitrogens with one attached hydrogen (secondary N) is 1. The molecule has 0 fully saturated rings. The highest BCUT2D eigenvalue weighted by Crippen LogP contribution is 2.23. The number of benzene rings is 1. The molecule has 3 N–H and O–H groups in total. The van der Waals surface area contributed by atoms with Gasteiger partial charge < -0.3 is 5.32 Å². The number of sulfonamides is 1. The molecule has 1 aromatic carbocycles. The number of amides is 1. The number of carbonyl (C=O) groups is 1. The summed E-state index contributed by atoms with van der Waals surface area (Å²) in [6.07, 6.45) is 0. The molecule has 0 radical (unpaired) electrons. The Morgan fingerprint density at radius 3 is 2.36 bits per heavy atom. The second kappa shape index (κ2) is 6.60. The van der Waals surface area contributed by atoms with Gasteiger partial charge in [-0.15, -0.1) is 11.3 Å². The molecule has 0 aliphatic heterocycles. The van der Waals surface area contributed by atoms with Gasteiger partial charge in [0.15, 0.2) is 0 Å². The summed E-state index contributed by atoms with van der Waals surface area (Å²) in [4.78, 5) is 12.3. The summed E-state index contributed by atoms with van der Waals surface area (Å²) in [5.41, 5.74) is 1.31. The fourth-order valence-electron chi connectivity index (χ4n) is 2.10. The highest BCUT2D eigenvalue weighted by molar-refractivity contribution is 7.91. The summed E-state index contributed by atoms with van der Waals surface area (Å²) in [5.74, 6) is -0.114. The molecule has 22 heavy (non-hydrogen) atoms. The highest BCUT2D eigenvalue weighted by atomic mass is 32.2. The number of nitrogens with two attached hydrogens (primary N) is 1. The normalized spacial score (nSPS) is 13.1. The standard InChI is InChI=1S/C15H18N2O3S2/c1-10(2)14(11-6-4-3-5-7-11)17-15(18)12-8-13(21-9-12)22(16,19)20/h3-10,14H,1-2H3,(H,17,18)(H2,16,19,20). The molecular weight excluding hydrogens is 320 g/mol. The van der Waals surface area contributed by atoms with Crippen LogP contribution in [-0.4, -0.2) is 14.3 Å². The molecule has 2 rings (SSSR count). The van der Waals surface area contributed by atoms with E-state index in [0.717, 1.165) is 16.9 Å². The van der Waals surface area contributed by atoms with E-state index < -0.39 is 10.0 Å². The van der Waals surface area contributed by atoms with E-state index in [1.54, 1.807) is 0 Å². The topological polar surface area (TPSA) is 89.3 Å². The van der Waals surface area contributed by atoms with Crippen LogP contribution in [0.15, 0.2) is 46.0 Å². The number of carbonyl (C=O) groups excluding carboxylic acids is 1. The van der Waals surface area contributed by atoms with E-state index in [2.05, 4.69) is 5.32 Å². The molecule has 1 unspecified atom stereocenters. The third-order valence-electron chi connectivity index (χ3n) is 3.23. The van der Waals surface area contributed by atoms with Crippen molar-refractivity contribution in [2.75, 3.05) is 0 Å². The van der Waals surface area contributed by atoms with Crippen molar-refractivity contribution in [3.8, 4) is 0 Å². The van der Waals surface area contributed by atoms with E-state index in [9.17, 15) is 13.2 Å². The van der Waals surface area contributed by atoms with E-state index in [-0.39, 0.29) is 22.1 Å². The molecule has 1 heterocycles. The predicted molar refractivity (Wildman–Crippen MR) is 87.2 cm³/mol. The van der Waals surface area contributed by atoms with Gasteiger partial charge in [-0.05, 0) is 17.5 Å². The van der Waals surface area contributed by atoms with Crippen molar-refractivity contribution in [1.82, 2.24) is 5.32 Å². The van der Waals surface area contributed by atoms with Crippen LogP contribution in [0.25, 0.3) is 0 Å². The first kappa shape index (κ1) is 16.7. The molecule has 0 aliphatic carbocycles. The van der Waals surface area contributed by atoms with Crippen molar-refractivity contribution < 1.29 is 13.2 Å².